The van der Waals surface area contributed by atoms with Crippen LogP contribution >= 0.6 is 0 Å². The van der Waals surface area contributed by atoms with Gasteiger partial charge in [-0.05, 0) is 6.42 Å². The van der Waals surface area contributed by atoms with Crippen LogP contribution in [-0.4, -0.2) is 105 Å². The summed E-state index contributed by atoms with van der Waals surface area (Å²) in [4.78, 5) is 21.9. The molecule has 0 spiro atoms. The van der Waals surface area contributed by atoms with E-state index in [1.54, 1.807) is 0 Å². The van der Waals surface area contributed by atoms with Crippen molar-refractivity contribution in [2.45, 2.75) is 19.8 Å². The summed E-state index contributed by atoms with van der Waals surface area (Å²) in [5.41, 5.74) is 0. The summed E-state index contributed by atoms with van der Waals surface area (Å²) in [7, 11) is 1.31. The van der Waals surface area contributed by atoms with Gasteiger partial charge in [-0.2, -0.15) is 0 Å². The molecule has 0 fully saturated rings. The van der Waals surface area contributed by atoms with Gasteiger partial charge in [0.15, 0.2) is 0 Å². The van der Waals surface area contributed by atoms with Crippen molar-refractivity contribution in [2.75, 3.05) is 93.0 Å². The molecule has 0 aromatic rings. The highest BCUT2D eigenvalue weighted by Gasteiger charge is 2.00. The smallest absolute Gasteiger partial charge is 0.331 e. The third-order valence-electron chi connectivity index (χ3n) is 3.25. The number of ether oxygens (including phenoxy) is 8. The largest absolute Gasteiger partial charge is 0.467 e. The predicted molar refractivity (Wildman–Crippen MR) is 103 cm³/mol. The van der Waals surface area contributed by atoms with Crippen molar-refractivity contribution in [3.8, 4) is 0 Å². The van der Waals surface area contributed by atoms with Crippen molar-refractivity contribution in [2.24, 2.45) is 0 Å². The third kappa shape index (κ3) is 22.8. The molecule has 0 aromatic heterocycles. The number of hydrogen-bond acceptors (Lipinski definition) is 10. The average Bonchev–Trinajstić information content (AvgIpc) is 2.72. The van der Waals surface area contributed by atoms with Gasteiger partial charge in [0.05, 0.1) is 79.8 Å². The maximum atomic E-state index is 11.1. The fourth-order valence-electron chi connectivity index (χ4n) is 1.80. The van der Waals surface area contributed by atoms with Crippen LogP contribution in [0.5, 0.6) is 0 Å². The molecule has 172 valence electrons. The Morgan fingerprint density at radius 3 is 1.31 bits per heavy atom. The van der Waals surface area contributed by atoms with E-state index in [2.05, 4.69) is 4.74 Å². The van der Waals surface area contributed by atoms with Gasteiger partial charge in [0.1, 0.15) is 13.2 Å². The monoisotopic (exact) mass is 424 g/mol. The van der Waals surface area contributed by atoms with Crippen LogP contribution in [0.3, 0.4) is 0 Å². The van der Waals surface area contributed by atoms with Crippen LogP contribution in [0.1, 0.15) is 19.8 Å². The highest BCUT2D eigenvalue weighted by molar-refractivity contribution is 5.70. The molecular formula is C19H36O10. The Bertz CT molecular complexity index is 378. The first kappa shape index (κ1) is 27.7. The highest BCUT2D eigenvalue weighted by atomic mass is 16.6. The summed E-state index contributed by atoms with van der Waals surface area (Å²) in [6.07, 6.45) is 1.23. The number of hydrogen-bond donors (Lipinski definition) is 0. The topological polar surface area (TPSA) is 108 Å². The van der Waals surface area contributed by atoms with Gasteiger partial charge in [-0.25, -0.2) is 4.79 Å². The number of carbonyl (C=O) groups is 2. The number of rotatable bonds is 22. The van der Waals surface area contributed by atoms with Crippen LogP contribution in [0.4, 0.5) is 0 Å². The second-order valence-corrected chi connectivity index (χ2v) is 5.66. The minimum absolute atomic E-state index is 0.0688. The van der Waals surface area contributed by atoms with Crippen molar-refractivity contribution >= 4 is 11.9 Å². The van der Waals surface area contributed by atoms with Crippen molar-refractivity contribution in [1.82, 2.24) is 0 Å². The van der Waals surface area contributed by atoms with Gasteiger partial charge in [-0.1, -0.05) is 6.92 Å². The fourth-order valence-corrected chi connectivity index (χ4v) is 1.80. The van der Waals surface area contributed by atoms with E-state index >= 15 is 0 Å². The van der Waals surface area contributed by atoms with Crippen molar-refractivity contribution < 1.29 is 47.5 Å². The first-order valence-corrected chi connectivity index (χ1v) is 9.89. The summed E-state index contributed by atoms with van der Waals surface area (Å²) in [5, 5.41) is 0. The zero-order valence-corrected chi connectivity index (χ0v) is 17.7. The first-order chi connectivity index (χ1) is 14.2. The van der Waals surface area contributed by atoms with Crippen LogP contribution in [-0.2, 0) is 47.5 Å². The molecular weight excluding hydrogens is 388 g/mol. The summed E-state index contributed by atoms with van der Waals surface area (Å²) >= 11 is 0. The van der Waals surface area contributed by atoms with Crippen molar-refractivity contribution in [1.29, 1.82) is 0 Å². The van der Waals surface area contributed by atoms with E-state index in [-0.39, 0.29) is 19.2 Å². The van der Waals surface area contributed by atoms with E-state index in [9.17, 15) is 9.59 Å². The van der Waals surface area contributed by atoms with E-state index in [0.29, 0.717) is 79.1 Å². The molecule has 0 aliphatic carbocycles. The van der Waals surface area contributed by atoms with Crippen LogP contribution in [0.25, 0.3) is 0 Å². The molecule has 0 bridgehead atoms. The van der Waals surface area contributed by atoms with Gasteiger partial charge < -0.3 is 37.9 Å². The second-order valence-electron chi connectivity index (χ2n) is 5.66. The maximum Gasteiger partial charge on any atom is 0.331 e. The summed E-state index contributed by atoms with van der Waals surface area (Å²) < 4.78 is 41.1. The van der Waals surface area contributed by atoms with Crippen molar-refractivity contribution in [3.05, 3.63) is 0 Å². The van der Waals surface area contributed by atoms with Gasteiger partial charge in [-0.3, -0.25) is 4.79 Å². The molecule has 0 amide bonds. The number of esters is 2. The Hall–Kier alpha value is -1.30. The van der Waals surface area contributed by atoms with E-state index in [0.717, 1.165) is 6.42 Å². The highest BCUT2D eigenvalue weighted by Crippen LogP contribution is 1.91. The van der Waals surface area contributed by atoms with Crippen molar-refractivity contribution in [3.63, 3.8) is 0 Å². The van der Waals surface area contributed by atoms with Crippen LogP contribution in [0.15, 0.2) is 0 Å². The number of carbonyl (C=O) groups excluding carboxylic acids is 2. The molecule has 10 nitrogen and oxygen atoms in total. The molecule has 0 saturated heterocycles. The van der Waals surface area contributed by atoms with Crippen LogP contribution in [0, 0.1) is 0 Å². The Morgan fingerprint density at radius 2 is 0.931 bits per heavy atom. The lowest BCUT2D eigenvalue weighted by molar-refractivity contribution is -0.146. The lowest BCUT2D eigenvalue weighted by atomic mass is 10.3. The molecule has 0 aromatic carbocycles. The molecule has 29 heavy (non-hydrogen) atoms. The molecule has 0 radical (unpaired) electrons. The maximum absolute atomic E-state index is 11.1. The SMILES string of the molecule is CCCC(=O)OCCOCCOCCOCCOCCOCCOCC(=O)OC. The van der Waals surface area contributed by atoms with Gasteiger partial charge in [0, 0.05) is 6.42 Å². The summed E-state index contributed by atoms with van der Waals surface area (Å²) in [6, 6.07) is 0. The van der Waals surface area contributed by atoms with Gasteiger partial charge >= 0.3 is 11.9 Å². The van der Waals surface area contributed by atoms with Gasteiger partial charge in [-0.15, -0.1) is 0 Å². The zero-order valence-electron chi connectivity index (χ0n) is 17.7. The standard InChI is InChI=1S/C19H36O10/c1-3-4-18(20)29-16-15-27-12-11-25-8-7-23-5-6-24-9-10-26-13-14-28-17-19(21)22-2/h3-17H2,1-2H3. The molecule has 0 saturated carbocycles. The second kappa shape index (κ2) is 23.0. The lowest BCUT2D eigenvalue weighted by Gasteiger charge is -2.08. The van der Waals surface area contributed by atoms with E-state index in [1.807, 2.05) is 6.92 Å². The normalized spacial score (nSPS) is 10.8. The zero-order chi connectivity index (χ0) is 21.4. The molecule has 10 heteroatoms. The first-order valence-electron chi connectivity index (χ1n) is 9.89. The van der Waals surface area contributed by atoms with Crippen LogP contribution < -0.4 is 0 Å². The summed E-state index contributed by atoms with van der Waals surface area (Å²) in [6.45, 7) is 6.95. The number of methoxy groups -OCH3 is 1. The van der Waals surface area contributed by atoms with E-state index in [4.69, 9.17) is 33.2 Å². The Labute approximate surface area is 173 Å². The van der Waals surface area contributed by atoms with Gasteiger partial charge in [0.2, 0.25) is 0 Å². The van der Waals surface area contributed by atoms with Gasteiger partial charge in [0.25, 0.3) is 0 Å². The Balaban J connectivity index is 3.07. The molecule has 0 aliphatic rings. The average molecular weight is 424 g/mol. The van der Waals surface area contributed by atoms with E-state index < -0.39 is 5.97 Å². The molecule has 0 unspecified atom stereocenters. The van der Waals surface area contributed by atoms with E-state index in [1.165, 1.54) is 7.11 Å². The molecule has 0 N–H and O–H groups in total. The fraction of sp³-hybridized carbons (Fsp3) is 0.895. The summed E-state index contributed by atoms with van der Waals surface area (Å²) in [5.74, 6) is -0.600. The lowest BCUT2D eigenvalue weighted by Crippen LogP contribution is -2.16. The third-order valence-corrected chi connectivity index (χ3v) is 3.25. The Kier molecular flexibility index (Phi) is 22.0. The molecule has 0 heterocycles. The molecule has 0 aliphatic heterocycles. The minimum atomic E-state index is -0.408. The minimum Gasteiger partial charge on any atom is -0.467 e. The van der Waals surface area contributed by atoms with Crippen LogP contribution in [0.2, 0.25) is 0 Å². The molecule has 0 rings (SSSR count). The Morgan fingerprint density at radius 1 is 0.552 bits per heavy atom. The molecule has 0 atom stereocenters. The predicted octanol–water partition coefficient (Wildman–Crippen LogP) is 0.602. The quantitative estimate of drug-likeness (QED) is 0.181.